The maximum atomic E-state index is 12.1. The lowest BCUT2D eigenvalue weighted by atomic mass is 10.1. The van der Waals surface area contributed by atoms with Crippen molar-refractivity contribution in [3.63, 3.8) is 0 Å². The molecule has 0 bridgehead atoms. The highest BCUT2D eigenvalue weighted by molar-refractivity contribution is 9.09. The number of carbonyl (C=O) groups is 1. The van der Waals surface area contributed by atoms with Crippen LogP contribution in [0, 0.1) is 5.92 Å². The maximum Gasteiger partial charge on any atom is 0.227 e. The molecule has 1 aromatic carbocycles. The summed E-state index contributed by atoms with van der Waals surface area (Å²) in [6, 6.07) is 9.53. The lowest BCUT2D eigenvalue weighted by Crippen LogP contribution is -2.25. The van der Waals surface area contributed by atoms with Gasteiger partial charge in [-0.1, -0.05) is 45.7 Å². The van der Waals surface area contributed by atoms with Gasteiger partial charge in [0.15, 0.2) is 0 Å². The zero-order chi connectivity index (χ0) is 13.4. The molecule has 0 spiro atoms. The third kappa shape index (κ3) is 2.35. The Hall–Kier alpha value is -1.13. The first-order valence-electron chi connectivity index (χ1n) is 6.10. The number of rotatable bonds is 2. The summed E-state index contributed by atoms with van der Waals surface area (Å²) in [7, 11) is 0. The van der Waals surface area contributed by atoms with Gasteiger partial charge < -0.3 is 4.90 Å². The number of hydrogen-bond donors (Lipinski definition) is 0. The van der Waals surface area contributed by atoms with Crippen molar-refractivity contribution in [2.45, 2.75) is 6.42 Å². The summed E-state index contributed by atoms with van der Waals surface area (Å²) in [6.45, 7) is 0.731. The van der Waals surface area contributed by atoms with E-state index in [1.54, 1.807) is 6.07 Å². The molecule has 3 rings (SSSR count). The summed E-state index contributed by atoms with van der Waals surface area (Å²) in [5.41, 5.74) is 1.68. The number of para-hydroxylation sites is 1. The number of fused-ring (bicyclic) bond motifs is 1. The summed E-state index contributed by atoms with van der Waals surface area (Å²) in [4.78, 5) is 18.3. The molecular formula is C14H12BrClN2O. The zero-order valence-corrected chi connectivity index (χ0v) is 12.5. The highest BCUT2D eigenvalue weighted by Crippen LogP contribution is 2.33. The molecule has 1 aliphatic rings. The lowest BCUT2D eigenvalue weighted by molar-refractivity contribution is -0.117. The quantitative estimate of drug-likeness (QED) is 0.618. The summed E-state index contributed by atoms with van der Waals surface area (Å²) < 4.78 is 0. The van der Waals surface area contributed by atoms with Crippen LogP contribution in [0.3, 0.4) is 0 Å². The van der Waals surface area contributed by atoms with E-state index in [0.717, 1.165) is 28.5 Å². The van der Waals surface area contributed by atoms with Gasteiger partial charge in [0.1, 0.15) is 5.15 Å². The van der Waals surface area contributed by atoms with Crippen LogP contribution in [-0.2, 0) is 4.79 Å². The highest BCUT2D eigenvalue weighted by Gasteiger charge is 2.31. The number of alkyl halides is 1. The first-order valence-corrected chi connectivity index (χ1v) is 7.60. The van der Waals surface area contributed by atoms with Crippen LogP contribution >= 0.6 is 27.5 Å². The van der Waals surface area contributed by atoms with Gasteiger partial charge in [0.05, 0.1) is 11.2 Å². The Morgan fingerprint density at radius 2 is 2.21 bits per heavy atom. The molecule has 1 atom stereocenters. The summed E-state index contributed by atoms with van der Waals surface area (Å²) in [5.74, 6) is 0.509. The Morgan fingerprint density at radius 3 is 2.95 bits per heavy atom. The second-order valence-corrected chi connectivity index (χ2v) is 5.74. The first-order chi connectivity index (χ1) is 9.19. The molecule has 0 aliphatic carbocycles. The number of aromatic nitrogens is 1. The molecule has 1 unspecified atom stereocenters. The van der Waals surface area contributed by atoms with E-state index in [9.17, 15) is 4.79 Å². The second-order valence-electron chi connectivity index (χ2n) is 4.71. The molecule has 0 radical (unpaired) electrons. The van der Waals surface area contributed by atoms with Gasteiger partial charge >= 0.3 is 0 Å². The van der Waals surface area contributed by atoms with Crippen molar-refractivity contribution < 1.29 is 4.79 Å². The summed E-state index contributed by atoms with van der Waals surface area (Å²) >= 11 is 9.51. The Balaban J connectivity index is 2.12. The second kappa shape index (κ2) is 5.10. The van der Waals surface area contributed by atoms with E-state index in [1.807, 2.05) is 29.2 Å². The largest absolute Gasteiger partial charge is 0.311 e. The Bertz CT molecular complexity index is 646. The topological polar surface area (TPSA) is 33.2 Å². The molecule has 19 heavy (non-hydrogen) atoms. The maximum absolute atomic E-state index is 12.1. The predicted octanol–water partition coefficient (Wildman–Crippen LogP) is 3.64. The Labute approximate surface area is 124 Å². The monoisotopic (exact) mass is 338 g/mol. The Morgan fingerprint density at radius 1 is 1.42 bits per heavy atom. The lowest BCUT2D eigenvalue weighted by Gasteiger charge is -2.18. The predicted molar refractivity (Wildman–Crippen MR) is 81.0 cm³/mol. The fourth-order valence-corrected chi connectivity index (χ4v) is 3.09. The van der Waals surface area contributed by atoms with Gasteiger partial charge in [0.2, 0.25) is 5.91 Å². The number of nitrogens with zero attached hydrogens (tertiary/aromatic N) is 2. The number of hydrogen-bond acceptors (Lipinski definition) is 2. The van der Waals surface area contributed by atoms with Crippen molar-refractivity contribution in [3.8, 4) is 0 Å². The molecule has 2 heterocycles. The smallest absolute Gasteiger partial charge is 0.227 e. The minimum absolute atomic E-state index is 0.150. The third-order valence-corrected chi connectivity index (χ3v) is 4.49. The van der Waals surface area contributed by atoms with Crippen molar-refractivity contribution in [2.24, 2.45) is 5.92 Å². The molecule has 5 heteroatoms. The summed E-state index contributed by atoms with van der Waals surface area (Å²) in [6.07, 6.45) is 0.583. The van der Waals surface area contributed by atoms with E-state index in [2.05, 4.69) is 20.9 Å². The number of anilines is 1. The minimum Gasteiger partial charge on any atom is -0.311 e. The molecule has 0 N–H and O–H groups in total. The van der Waals surface area contributed by atoms with Crippen molar-refractivity contribution in [2.75, 3.05) is 16.8 Å². The molecule has 1 aromatic heterocycles. The first kappa shape index (κ1) is 12.9. The fourth-order valence-electron chi connectivity index (χ4n) is 2.47. The van der Waals surface area contributed by atoms with Crippen molar-refractivity contribution >= 4 is 50.0 Å². The van der Waals surface area contributed by atoms with Gasteiger partial charge in [-0.05, 0) is 18.1 Å². The number of halogens is 2. The van der Waals surface area contributed by atoms with Gasteiger partial charge in [0, 0.05) is 23.7 Å². The van der Waals surface area contributed by atoms with Crippen LogP contribution in [0.5, 0.6) is 0 Å². The van der Waals surface area contributed by atoms with E-state index >= 15 is 0 Å². The molecule has 1 saturated heterocycles. The van der Waals surface area contributed by atoms with Gasteiger partial charge in [-0.2, -0.15) is 0 Å². The average molecular weight is 340 g/mol. The van der Waals surface area contributed by atoms with Crippen LogP contribution in [-0.4, -0.2) is 22.8 Å². The van der Waals surface area contributed by atoms with Gasteiger partial charge in [-0.25, -0.2) is 4.98 Å². The van der Waals surface area contributed by atoms with Gasteiger partial charge in [-0.15, -0.1) is 0 Å². The third-order valence-electron chi connectivity index (χ3n) is 3.38. The average Bonchev–Trinajstić information content (AvgIpc) is 2.79. The number of amides is 1. The van der Waals surface area contributed by atoms with Crippen LogP contribution in [0.4, 0.5) is 5.69 Å². The molecule has 1 aliphatic heterocycles. The molecule has 1 amide bonds. The van der Waals surface area contributed by atoms with Gasteiger partial charge in [-0.3, -0.25) is 4.79 Å². The molecule has 2 aromatic rings. The Kier molecular flexibility index (Phi) is 3.46. The molecule has 3 nitrogen and oxygen atoms in total. The standard InChI is InChI=1S/C14H12BrClN2O/c15-7-9-5-14(19)18(8-9)12-6-13(16)17-11-4-2-1-3-10(11)12/h1-4,6,9H,5,7-8H2. The minimum atomic E-state index is 0.150. The fraction of sp³-hybridized carbons (Fsp3) is 0.286. The number of pyridine rings is 1. The molecular weight excluding hydrogens is 328 g/mol. The van der Waals surface area contributed by atoms with Gasteiger partial charge in [0.25, 0.3) is 0 Å². The van der Waals surface area contributed by atoms with Crippen LogP contribution in [0.2, 0.25) is 5.15 Å². The highest BCUT2D eigenvalue weighted by atomic mass is 79.9. The van der Waals surface area contributed by atoms with E-state index in [4.69, 9.17) is 11.6 Å². The van der Waals surface area contributed by atoms with Crippen LogP contribution in [0.15, 0.2) is 30.3 Å². The molecule has 98 valence electrons. The van der Waals surface area contributed by atoms with Crippen molar-refractivity contribution in [3.05, 3.63) is 35.5 Å². The van der Waals surface area contributed by atoms with Crippen LogP contribution in [0.25, 0.3) is 10.9 Å². The SMILES string of the molecule is O=C1CC(CBr)CN1c1cc(Cl)nc2ccccc12. The normalized spacial score (nSPS) is 19.4. The van der Waals surface area contributed by atoms with Crippen molar-refractivity contribution in [1.82, 2.24) is 4.98 Å². The zero-order valence-electron chi connectivity index (χ0n) is 10.1. The van der Waals surface area contributed by atoms with Crippen LogP contribution in [0.1, 0.15) is 6.42 Å². The molecule has 0 saturated carbocycles. The summed E-state index contributed by atoms with van der Waals surface area (Å²) in [5, 5.41) is 2.23. The van der Waals surface area contributed by atoms with Crippen molar-refractivity contribution in [1.29, 1.82) is 0 Å². The number of benzene rings is 1. The van der Waals surface area contributed by atoms with Crippen LogP contribution < -0.4 is 4.90 Å². The van der Waals surface area contributed by atoms with E-state index < -0.39 is 0 Å². The number of carbonyl (C=O) groups excluding carboxylic acids is 1. The molecule has 1 fully saturated rings. The van der Waals surface area contributed by atoms with E-state index in [0.29, 0.717) is 17.5 Å². The van der Waals surface area contributed by atoms with E-state index in [1.165, 1.54) is 0 Å². The van der Waals surface area contributed by atoms with E-state index in [-0.39, 0.29) is 5.91 Å².